The molecular weight excluding hydrogens is 318 g/mol. The highest BCUT2D eigenvalue weighted by atomic mass is 16.5. The van der Waals surface area contributed by atoms with E-state index in [4.69, 9.17) is 9.47 Å². The van der Waals surface area contributed by atoms with E-state index < -0.39 is 0 Å². The Morgan fingerprint density at radius 2 is 1.88 bits per heavy atom. The lowest BCUT2D eigenvalue weighted by Gasteiger charge is -2.28. The van der Waals surface area contributed by atoms with Crippen molar-refractivity contribution in [2.24, 2.45) is 4.99 Å². The van der Waals surface area contributed by atoms with Gasteiger partial charge in [-0.1, -0.05) is 19.1 Å². The first-order valence-corrected chi connectivity index (χ1v) is 8.91. The Kier molecular flexibility index (Phi) is 5.71. The van der Waals surface area contributed by atoms with Gasteiger partial charge >= 0.3 is 0 Å². The summed E-state index contributed by atoms with van der Waals surface area (Å²) in [5.41, 5.74) is 2.11. The summed E-state index contributed by atoms with van der Waals surface area (Å²) in [7, 11) is 0. The van der Waals surface area contributed by atoms with E-state index in [0.717, 1.165) is 38.3 Å². The number of morpholine rings is 1. The summed E-state index contributed by atoms with van der Waals surface area (Å²) in [6.45, 7) is 8.51. The minimum Gasteiger partial charge on any atom is -0.420 e. The maximum atomic E-state index is 12.5. The molecule has 1 amide bonds. The summed E-state index contributed by atoms with van der Waals surface area (Å²) < 4.78 is 11.1. The van der Waals surface area contributed by atoms with Crippen molar-refractivity contribution in [3.05, 3.63) is 35.6 Å². The van der Waals surface area contributed by atoms with Crippen LogP contribution < -0.4 is 4.90 Å². The average molecular weight is 343 g/mol. The van der Waals surface area contributed by atoms with Crippen LogP contribution in [0.25, 0.3) is 6.08 Å². The van der Waals surface area contributed by atoms with Gasteiger partial charge in [0.15, 0.2) is 5.76 Å². The molecule has 0 unspecified atom stereocenters. The van der Waals surface area contributed by atoms with E-state index in [1.54, 1.807) is 11.0 Å². The zero-order valence-electron chi connectivity index (χ0n) is 14.9. The molecule has 134 valence electrons. The van der Waals surface area contributed by atoms with Crippen LogP contribution >= 0.6 is 0 Å². The van der Waals surface area contributed by atoms with Gasteiger partial charge < -0.3 is 14.4 Å². The topological polar surface area (TPSA) is 54.4 Å². The molecule has 6 heteroatoms. The molecule has 0 saturated carbocycles. The van der Waals surface area contributed by atoms with Gasteiger partial charge in [0.2, 0.25) is 0 Å². The third-order valence-corrected chi connectivity index (χ3v) is 4.24. The van der Waals surface area contributed by atoms with Gasteiger partial charge in [-0.15, -0.1) is 0 Å². The normalized spacial score (nSPS) is 21.3. The van der Waals surface area contributed by atoms with Gasteiger partial charge in [0.1, 0.15) is 0 Å². The van der Waals surface area contributed by atoms with Crippen molar-refractivity contribution < 1.29 is 14.3 Å². The Balaban J connectivity index is 1.74. The second-order valence-electron chi connectivity index (χ2n) is 6.02. The summed E-state index contributed by atoms with van der Waals surface area (Å²) in [5.74, 6) is 0.199. The van der Waals surface area contributed by atoms with E-state index >= 15 is 0 Å². The third kappa shape index (κ3) is 4.02. The summed E-state index contributed by atoms with van der Waals surface area (Å²) in [4.78, 5) is 20.7. The first kappa shape index (κ1) is 17.5. The maximum Gasteiger partial charge on any atom is 0.300 e. The molecule has 0 N–H and O–H groups in total. The Morgan fingerprint density at radius 3 is 2.52 bits per heavy atom. The molecule has 6 nitrogen and oxygen atoms in total. The van der Waals surface area contributed by atoms with Crippen molar-refractivity contribution >= 4 is 23.7 Å². The lowest BCUT2D eigenvalue weighted by Crippen LogP contribution is -2.36. The van der Waals surface area contributed by atoms with Gasteiger partial charge in [-0.3, -0.25) is 9.69 Å². The van der Waals surface area contributed by atoms with E-state index in [1.807, 2.05) is 26.0 Å². The Morgan fingerprint density at radius 1 is 1.16 bits per heavy atom. The largest absolute Gasteiger partial charge is 0.420 e. The second kappa shape index (κ2) is 8.16. The van der Waals surface area contributed by atoms with E-state index in [-0.39, 0.29) is 5.91 Å². The van der Waals surface area contributed by atoms with Crippen molar-refractivity contribution in [1.29, 1.82) is 0 Å². The quantitative estimate of drug-likeness (QED) is 0.771. The van der Waals surface area contributed by atoms with E-state index in [0.29, 0.717) is 24.9 Å². The maximum absolute atomic E-state index is 12.5. The number of carbonyl (C=O) groups is 1. The highest BCUT2D eigenvalue weighted by Gasteiger charge is 2.33. The molecule has 0 atom stereocenters. The molecule has 2 heterocycles. The fourth-order valence-electron chi connectivity index (χ4n) is 2.87. The number of likely N-dealkylation sites (N-methyl/N-ethyl adjacent to an activating group) is 1. The van der Waals surface area contributed by atoms with Crippen molar-refractivity contribution in [3.63, 3.8) is 0 Å². The predicted octanol–water partition coefficient (Wildman–Crippen LogP) is 2.51. The van der Waals surface area contributed by atoms with Crippen LogP contribution in [0.4, 0.5) is 5.69 Å². The summed E-state index contributed by atoms with van der Waals surface area (Å²) in [6.07, 6.45) is 2.70. The van der Waals surface area contributed by atoms with Crippen LogP contribution in [0.5, 0.6) is 0 Å². The molecule has 0 radical (unpaired) electrons. The number of rotatable bonds is 5. The van der Waals surface area contributed by atoms with Crippen LogP contribution in [-0.4, -0.2) is 56.2 Å². The predicted molar refractivity (Wildman–Crippen MR) is 98.5 cm³/mol. The number of nitrogens with zero attached hydrogens (tertiary/aromatic N) is 3. The van der Waals surface area contributed by atoms with Crippen molar-refractivity contribution in [2.75, 3.05) is 44.3 Å². The highest BCUT2D eigenvalue weighted by molar-refractivity contribution is 6.11. The molecule has 3 rings (SSSR count). The van der Waals surface area contributed by atoms with Crippen molar-refractivity contribution in [1.82, 2.24) is 4.90 Å². The van der Waals surface area contributed by atoms with Crippen molar-refractivity contribution in [3.8, 4) is 0 Å². The molecule has 0 spiro atoms. The monoisotopic (exact) mass is 343 g/mol. The zero-order chi connectivity index (χ0) is 17.6. The minimum atomic E-state index is -0.130. The van der Waals surface area contributed by atoms with Crippen LogP contribution in [-0.2, 0) is 14.3 Å². The zero-order valence-corrected chi connectivity index (χ0v) is 14.9. The van der Waals surface area contributed by atoms with E-state index in [1.165, 1.54) is 5.69 Å². The molecule has 2 aliphatic heterocycles. The van der Waals surface area contributed by atoms with Crippen LogP contribution in [0.3, 0.4) is 0 Å². The van der Waals surface area contributed by atoms with Gasteiger partial charge in [-0.05, 0) is 37.1 Å². The molecule has 1 aromatic carbocycles. The molecule has 2 fully saturated rings. The van der Waals surface area contributed by atoms with Crippen LogP contribution in [0, 0.1) is 0 Å². The molecule has 1 aromatic rings. The Bertz CT molecular complexity index is 661. The van der Waals surface area contributed by atoms with Crippen LogP contribution in [0.1, 0.15) is 25.8 Å². The molecule has 2 saturated heterocycles. The fraction of sp³-hybridized carbons (Fsp3) is 0.474. The molecule has 0 aliphatic carbocycles. The number of benzene rings is 1. The average Bonchev–Trinajstić information content (AvgIpc) is 2.96. The van der Waals surface area contributed by atoms with Gasteiger partial charge in [0.25, 0.3) is 11.9 Å². The molecule has 25 heavy (non-hydrogen) atoms. The molecular formula is C19H25N3O3. The lowest BCUT2D eigenvalue weighted by atomic mass is 10.1. The minimum absolute atomic E-state index is 0.130. The number of anilines is 1. The van der Waals surface area contributed by atoms with Crippen molar-refractivity contribution in [2.45, 2.75) is 20.3 Å². The first-order valence-electron chi connectivity index (χ1n) is 8.91. The summed E-state index contributed by atoms with van der Waals surface area (Å²) in [5, 5.41) is 0. The molecule has 2 aliphatic rings. The number of hydrogen-bond donors (Lipinski definition) is 0. The van der Waals surface area contributed by atoms with E-state index in [2.05, 4.69) is 22.0 Å². The Labute approximate surface area is 148 Å². The van der Waals surface area contributed by atoms with Gasteiger partial charge in [-0.25, -0.2) is 4.99 Å². The third-order valence-electron chi connectivity index (χ3n) is 4.24. The number of amidine groups is 1. The SMILES string of the molecule is CCCN=C1OC(=Cc2ccc(N3CCOCC3)cc2)C(=O)N1CC. The standard InChI is InChI=1S/C19H25N3O3/c1-3-9-20-19-22(4-2)18(23)17(25-19)14-15-5-7-16(8-6-15)21-10-12-24-13-11-21/h5-8,14H,3-4,9-13H2,1-2H3. The van der Waals surface area contributed by atoms with Gasteiger partial charge in [0, 0.05) is 31.9 Å². The number of amides is 1. The van der Waals surface area contributed by atoms with Crippen LogP contribution in [0.2, 0.25) is 0 Å². The van der Waals surface area contributed by atoms with Gasteiger partial charge in [0.05, 0.1) is 13.2 Å². The number of hydrogen-bond acceptors (Lipinski definition) is 5. The van der Waals surface area contributed by atoms with Gasteiger partial charge in [-0.2, -0.15) is 0 Å². The second-order valence-corrected chi connectivity index (χ2v) is 6.02. The summed E-state index contributed by atoms with van der Waals surface area (Å²) in [6, 6.07) is 8.56. The number of carbonyl (C=O) groups excluding carboxylic acids is 1. The number of aliphatic imine (C=N–C) groups is 1. The smallest absolute Gasteiger partial charge is 0.300 e. The lowest BCUT2D eigenvalue weighted by molar-refractivity contribution is -0.122. The van der Waals surface area contributed by atoms with E-state index in [9.17, 15) is 4.79 Å². The molecule has 0 bridgehead atoms. The summed E-state index contributed by atoms with van der Waals surface area (Å²) >= 11 is 0. The highest BCUT2D eigenvalue weighted by Crippen LogP contribution is 2.22. The fourth-order valence-corrected chi connectivity index (χ4v) is 2.87. The first-order chi connectivity index (χ1) is 12.2. The van der Waals surface area contributed by atoms with Crippen LogP contribution in [0.15, 0.2) is 35.0 Å². The Hall–Kier alpha value is -2.34. The number of ether oxygens (including phenoxy) is 2. The molecule has 0 aromatic heterocycles.